The number of amides is 2. The summed E-state index contributed by atoms with van der Waals surface area (Å²) in [7, 11) is 3.27. The highest BCUT2D eigenvalue weighted by atomic mass is 16.2. The topological polar surface area (TPSA) is 73.9 Å². The van der Waals surface area contributed by atoms with Gasteiger partial charge in [0.2, 0.25) is 0 Å². The Bertz CT molecular complexity index is 295. The van der Waals surface area contributed by atoms with Gasteiger partial charge >= 0.3 is 6.03 Å². The minimum absolute atomic E-state index is 0.151. The number of nitrogens with one attached hydrogen (secondary N) is 2. The Kier molecular flexibility index (Phi) is 2.84. The summed E-state index contributed by atoms with van der Waals surface area (Å²) < 4.78 is 0. The summed E-state index contributed by atoms with van der Waals surface area (Å²) >= 11 is 0. The van der Waals surface area contributed by atoms with Gasteiger partial charge < -0.3 is 10.2 Å². The third-order valence-corrected chi connectivity index (χ3v) is 1.58. The zero-order valence-corrected chi connectivity index (χ0v) is 7.96. The first-order valence-electron chi connectivity index (χ1n) is 3.94. The van der Waals surface area contributed by atoms with Crippen molar-refractivity contribution >= 4 is 6.03 Å². The Balaban J connectivity index is 2.54. The van der Waals surface area contributed by atoms with Crippen molar-refractivity contribution in [3.8, 4) is 0 Å². The van der Waals surface area contributed by atoms with Crippen LogP contribution in [0.5, 0.6) is 0 Å². The van der Waals surface area contributed by atoms with Gasteiger partial charge in [-0.2, -0.15) is 5.10 Å². The summed E-state index contributed by atoms with van der Waals surface area (Å²) in [5, 5.41) is 9.14. The summed E-state index contributed by atoms with van der Waals surface area (Å²) in [6.07, 6.45) is 0. The Labute approximate surface area is 76.3 Å². The molecule has 2 N–H and O–H groups in total. The molecule has 1 heterocycles. The van der Waals surface area contributed by atoms with Crippen molar-refractivity contribution in [1.29, 1.82) is 0 Å². The molecular weight excluding hydrogens is 170 g/mol. The number of hydrogen-bond acceptors (Lipinski definition) is 3. The minimum atomic E-state index is -0.151. The lowest BCUT2D eigenvalue weighted by molar-refractivity contribution is 0.208. The lowest BCUT2D eigenvalue weighted by Crippen LogP contribution is -2.34. The molecular formula is C7H13N5O. The summed E-state index contributed by atoms with van der Waals surface area (Å²) in [6.45, 7) is 2.22. The van der Waals surface area contributed by atoms with Crippen molar-refractivity contribution in [2.45, 2.75) is 13.5 Å². The van der Waals surface area contributed by atoms with Crippen molar-refractivity contribution in [2.24, 2.45) is 0 Å². The second-order valence-corrected chi connectivity index (χ2v) is 2.75. The average molecular weight is 183 g/mol. The maximum absolute atomic E-state index is 11.1. The predicted molar refractivity (Wildman–Crippen MR) is 47.0 cm³/mol. The third-order valence-electron chi connectivity index (χ3n) is 1.58. The highest BCUT2D eigenvalue weighted by molar-refractivity contribution is 5.73. The number of aromatic amines is 1. The van der Waals surface area contributed by atoms with E-state index in [1.54, 1.807) is 14.1 Å². The fourth-order valence-corrected chi connectivity index (χ4v) is 0.935. The number of aromatic nitrogens is 3. The van der Waals surface area contributed by atoms with Gasteiger partial charge in [0.1, 0.15) is 5.82 Å². The maximum Gasteiger partial charge on any atom is 0.317 e. The van der Waals surface area contributed by atoms with E-state index in [0.29, 0.717) is 12.4 Å². The van der Waals surface area contributed by atoms with E-state index in [1.165, 1.54) is 4.90 Å². The van der Waals surface area contributed by atoms with Crippen LogP contribution in [0.25, 0.3) is 0 Å². The molecule has 1 rings (SSSR count). The van der Waals surface area contributed by atoms with Crippen LogP contribution in [0.3, 0.4) is 0 Å². The number of rotatable bonds is 2. The first-order valence-corrected chi connectivity index (χ1v) is 3.94. The van der Waals surface area contributed by atoms with E-state index >= 15 is 0 Å². The van der Waals surface area contributed by atoms with Gasteiger partial charge in [-0.25, -0.2) is 9.78 Å². The van der Waals surface area contributed by atoms with Crippen LogP contribution in [0.15, 0.2) is 0 Å². The Hall–Kier alpha value is -1.59. The highest BCUT2D eigenvalue weighted by Crippen LogP contribution is 1.96. The van der Waals surface area contributed by atoms with Gasteiger partial charge in [0.05, 0.1) is 6.54 Å². The van der Waals surface area contributed by atoms with Crippen LogP contribution >= 0.6 is 0 Å². The number of aryl methyl sites for hydroxylation is 1. The van der Waals surface area contributed by atoms with E-state index in [9.17, 15) is 4.79 Å². The SMILES string of the molecule is CNC(=O)N(C)Cc1n[nH]c(C)n1. The second kappa shape index (κ2) is 3.88. The van der Waals surface area contributed by atoms with Crippen LogP contribution in [0.4, 0.5) is 4.79 Å². The lowest BCUT2D eigenvalue weighted by atomic mass is 10.5. The molecule has 0 fully saturated rings. The number of nitrogens with zero attached hydrogens (tertiary/aromatic N) is 3. The molecule has 6 heteroatoms. The highest BCUT2D eigenvalue weighted by Gasteiger charge is 2.08. The predicted octanol–water partition coefficient (Wildman–Crippen LogP) is -0.116. The van der Waals surface area contributed by atoms with Gasteiger partial charge in [0, 0.05) is 14.1 Å². The van der Waals surface area contributed by atoms with Crippen LogP contribution < -0.4 is 5.32 Å². The van der Waals surface area contributed by atoms with E-state index < -0.39 is 0 Å². The molecule has 0 saturated heterocycles. The first kappa shape index (κ1) is 9.50. The van der Waals surface area contributed by atoms with Gasteiger partial charge in [-0.1, -0.05) is 0 Å². The molecule has 0 aromatic carbocycles. The Morgan fingerprint density at radius 3 is 2.85 bits per heavy atom. The van der Waals surface area contributed by atoms with Gasteiger partial charge in [0.15, 0.2) is 5.82 Å². The molecule has 2 amide bonds. The van der Waals surface area contributed by atoms with Gasteiger partial charge in [-0.15, -0.1) is 0 Å². The average Bonchev–Trinajstić information content (AvgIpc) is 2.49. The largest absolute Gasteiger partial charge is 0.341 e. The standard InChI is InChI=1S/C7H13N5O/c1-5-9-6(11-10-5)4-12(3)7(13)8-2/h4H2,1-3H3,(H,8,13)(H,9,10,11). The van der Waals surface area contributed by atoms with Crippen molar-refractivity contribution in [3.63, 3.8) is 0 Å². The first-order chi connectivity index (χ1) is 6.13. The summed E-state index contributed by atoms with van der Waals surface area (Å²) in [4.78, 5) is 16.7. The van der Waals surface area contributed by atoms with E-state index in [2.05, 4.69) is 20.5 Å². The van der Waals surface area contributed by atoms with Crippen molar-refractivity contribution in [2.75, 3.05) is 14.1 Å². The molecule has 0 saturated carbocycles. The molecule has 0 aliphatic carbocycles. The molecule has 0 radical (unpaired) electrons. The lowest BCUT2D eigenvalue weighted by Gasteiger charge is -2.13. The molecule has 0 spiro atoms. The molecule has 1 aromatic rings. The second-order valence-electron chi connectivity index (χ2n) is 2.75. The van der Waals surface area contributed by atoms with Crippen LogP contribution in [0.2, 0.25) is 0 Å². The van der Waals surface area contributed by atoms with Gasteiger partial charge in [0.25, 0.3) is 0 Å². The molecule has 0 aliphatic rings. The molecule has 0 aliphatic heterocycles. The van der Waals surface area contributed by atoms with Crippen LogP contribution in [-0.2, 0) is 6.54 Å². The molecule has 72 valence electrons. The number of urea groups is 1. The third kappa shape index (κ3) is 2.43. The summed E-state index contributed by atoms with van der Waals surface area (Å²) in [5.74, 6) is 1.36. The van der Waals surface area contributed by atoms with E-state index in [4.69, 9.17) is 0 Å². The van der Waals surface area contributed by atoms with Crippen LogP contribution in [0.1, 0.15) is 11.6 Å². The number of H-pyrrole nitrogens is 1. The van der Waals surface area contributed by atoms with Gasteiger partial charge in [-0.05, 0) is 6.92 Å². The Morgan fingerprint density at radius 1 is 1.69 bits per heavy atom. The minimum Gasteiger partial charge on any atom is -0.341 e. The molecule has 1 aromatic heterocycles. The summed E-state index contributed by atoms with van der Waals surface area (Å²) in [5.41, 5.74) is 0. The fraction of sp³-hybridized carbons (Fsp3) is 0.571. The van der Waals surface area contributed by atoms with Crippen molar-refractivity contribution in [3.05, 3.63) is 11.6 Å². The zero-order valence-electron chi connectivity index (χ0n) is 7.96. The quantitative estimate of drug-likeness (QED) is 0.671. The number of carbonyl (C=O) groups excluding carboxylic acids is 1. The van der Waals surface area contributed by atoms with E-state index in [1.807, 2.05) is 6.92 Å². The fourth-order valence-electron chi connectivity index (χ4n) is 0.935. The monoisotopic (exact) mass is 183 g/mol. The van der Waals surface area contributed by atoms with E-state index in [-0.39, 0.29) is 6.03 Å². The Morgan fingerprint density at radius 2 is 2.38 bits per heavy atom. The van der Waals surface area contributed by atoms with Crippen LogP contribution in [-0.4, -0.2) is 40.2 Å². The normalized spacial score (nSPS) is 9.77. The maximum atomic E-state index is 11.1. The molecule has 0 bridgehead atoms. The number of hydrogen-bond donors (Lipinski definition) is 2. The molecule has 6 nitrogen and oxygen atoms in total. The number of carbonyl (C=O) groups is 1. The zero-order chi connectivity index (χ0) is 9.84. The van der Waals surface area contributed by atoms with Crippen LogP contribution in [0, 0.1) is 6.92 Å². The van der Waals surface area contributed by atoms with Crippen molar-refractivity contribution in [1.82, 2.24) is 25.4 Å². The van der Waals surface area contributed by atoms with Gasteiger partial charge in [-0.3, -0.25) is 5.10 Å². The van der Waals surface area contributed by atoms with Crippen molar-refractivity contribution < 1.29 is 4.79 Å². The summed E-state index contributed by atoms with van der Waals surface area (Å²) in [6, 6.07) is -0.151. The smallest absolute Gasteiger partial charge is 0.317 e. The van der Waals surface area contributed by atoms with E-state index in [0.717, 1.165) is 5.82 Å². The molecule has 0 unspecified atom stereocenters. The molecule has 13 heavy (non-hydrogen) atoms. The molecule has 0 atom stereocenters.